The van der Waals surface area contributed by atoms with E-state index in [1.54, 1.807) is 24.3 Å². The molecule has 0 radical (unpaired) electrons. The number of pyridine rings is 1. The Hall–Kier alpha value is -2.02. The molecule has 0 aliphatic heterocycles. The van der Waals surface area contributed by atoms with Gasteiger partial charge in [-0.15, -0.1) is 13.2 Å². The minimum Gasteiger partial charge on any atom is -0.376 e. The monoisotopic (exact) mass is 444 g/mol. The summed E-state index contributed by atoms with van der Waals surface area (Å²) in [5.74, 6) is -1.41. The van der Waals surface area contributed by atoms with Crippen molar-refractivity contribution in [1.29, 1.82) is 0 Å². The van der Waals surface area contributed by atoms with Gasteiger partial charge in [-0.25, -0.2) is 4.98 Å². The van der Waals surface area contributed by atoms with Crippen LogP contribution in [0.25, 0.3) is 0 Å². The zero-order valence-corrected chi connectivity index (χ0v) is 17.3. The van der Waals surface area contributed by atoms with Crippen LogP contribution in [0.5, 0.6) is 0 Å². The summed E-state index contributed by atoms with van der Waals surface area (Å²) < 4.78 is 42.0. The summed E-state index contributed by atoms with van der Waals surface area (Å²) in [5, 5.41) is 10.8. The smallest absolute Gasteiger partial charge is 0.376 e. The number of anilines is 1. The summed E-state index contributed by atoms with van der Waals surface area (Å²) in [7, 11) is 0. The van der Waals surface area contributed by atoms with Gasteiger partial charge < -0.3 is 10.0 Å². The van der Waals surface area contributed by atoms with Crippen molar-refractivity contribution in [2.75, 3.05) is 18.0 Å². The van der Waals surface area contributed by atoms with Crippen molar-refractivity contribution >= 4 is 28.9 Å². The minimum absolute atomic E-state index is 0.107. The van der Waals surface area contributed by atoms with Crippen LogP contribution < -0.4 is 4.90 Å². The molecule has 1 aromatic carbocycles. The third kappa shape index (κ3) is 4.77. The van der Waals surface area contributed by atoms with E-state index in [2.05, 4.69) is 18.1 Å². The molecule has 156 valence electrons. The number of hydrogen-bond donors (Lipinski definition) is 1. The second-order valence-corrected chi connectivity index (χ2v) is 7.34. The number of halogens is 5. The number of hydrogen-bond acceptors (Lipinski definition) is 3. The number of alkyl halides is 3. The van der Waals surface area contributed by atoms with Crippen molar-refractivity contribution in [3.8, 4) is 0 Å². The predicted octanol–water partition coefficient (Wildman–Crippen LogP) is 6.12. The topological polar surface area (TPSA) is 36.4 Å². The third-order valence-corrected chi connectivity index (χ3v) is 5.27. The molecular formula is C21H21Cl2F3N2O. The average Bonchev–Trinajstić information content (AvgIpc) is 2.65. The van der Waals surface area contributed by atoms with Gasteiger partial charge in [-0.05, 0) is 35.4 Å². The molecule has 29 heavy (non-hydrogen) atoms. The van der Waals surface area contributed by atoms with E-state index in [1.165, 1.54) is 13.0 Å². The second kappa shape index (κ2) is 9.20. The van der Waals surface area contributed by atoms with Crippen LogP contribution in [0, 0.1) is 0 Å². The summed E-state index contributed by atoms with van der Waals surface area (Å²) in [6.45, 7) is 9.69. The van der Waals surface area contributed by atoms with Gasteiger partial charge in [0.05, 0.1) is 0 Å². The van der Waals surface area contributed by atoms with Gasteiger partial charge in [0.15, 0.2) is 5.60 Å². The molecule has 0 aliphatic carbocycles. The molecule has 2 atom stereocenters. The molecular weight excluding hydrogens is 424 g/mol. The lowest BCUT2D eigenvalue weighted by Crippen LogP contribution is -2.46. The summed E-state index contributed by atoms with van der Waals surface area (Å²) in [6, 6.07) is 6.80. The first-order chi connectivity index (χ1) is 13.6. The van der Waals surface area contributed by atoms with Crippen molar-refractivity contribution in [2.24, 2.45) is 0 Å². The maximum atomic E-state index is 14.0. The molecule has 0 saturated heterocycles. The molecule has 1 heterocycles. The Labute approximate surface area is 178 Å². The fraction of sp³-hybridized carbons (Fsp3) is 0.286. The van der Waals surface area contributed by atoms with E-state index in [-0.39, 0.29) is 15.7 Å². The van der Waals surface area contributed by atoms with Gasteiger partial charge in [-0.1, -0.05) is 48.3 Å². The maximum absolute atomic E-state index is 14.0. The first-order valence-corrected chi connectivity index (χ1v) is 9.49. The van der Waals surface area contributed by atoms with Crippen LogP contribution in [0.4, 0.5) is 18.9 Å². The Bertz CT molecular complexity index is 878. The SMILES string of the molecule is C=CCN(CC=C)c1ccc(C(C)C(O)(c2ccnc(Cl)c2)C(F)(F)F)c(Cl)c1. The number of nitrogens with zero attached hydrogens (tertiary/aromatic N) is 2. The van der Waals surface area contributed by atoms with E-state index < -0.39 is 23.3 Å². The van der Waals surface area contributed by atoms with Crippen molar-refractivity contribution in [3.05, 3.63) is 83.1 Å². The highest BCUT2D eigenvalue weighted by atomic mass is 35.5. The summed E-state index contributed by atoms with van der Waals surface area (Å²) in [4.78, 5) is 5.59. The van der Waals surface area contributed by atoms with E-state index >= 15 is 0 Å². The van der Waals surface area contributed by atoms with Gasteiger partial charge in [0.25, 0.3) is 0 Å². The Morgan fingerprint density at radius 3 is 2.24 bits per heavy atom. The molecule has 2 aromatic rings. The van der Waals surface area contributed by atoms with Gasteiger partial charge in [-0.2, -0.15) is 13.2 Å². The number of aliphatic hydroxyl groups is 1. The third-order valence-electron chi connectivity index (χ3n) is 4.74. The maximum Gasteiger partial charge on any atom is 0.422 e. The van der Waals surface area contributed by atoms with Crippen LogP contribution in [-0.2, 0) is 5.60 Å². The molecule has 0 bridgehead atoms. The summed E-state index contributed by atoms with van der Waals surface area (Å²) in [5.41, 5.74) is -2.75. The number of aromatic nitrogens is 1. The zero-order valence-electron chi connectivity index (χ0n) is 15.8. The van der Waals surface area contributed by atoms with Gasteiger partial charge >= 0.3 is 6.18 Å². The molecule has 0 amide bonds. The van der Waals surface area contributed by atoms with Crippen LogP contribution in [0.3, 0.4) is 0 Å². The lowest BCUT2D eigenvalue weighted by Gasteiger charge is -2.37. The molecule has 0 aliphatic rings. The quantitative estimate of drug-likeness (QED) is 0.393. The lowest BCUT2D eigenvalue weighted by atomic mass is 9.78. The second-order valence-electron chi connectivity index (χ2n) is 6.54. The molecule has 0 saturated carbocycles. The lowest BCUT2D eigenvalue weighted by molar-refractivity contribution is -0.274. The summed E-state index contributed by atoms with van der Waals surface area (Å²) >= 11 is 12.1. The van der Waals surface area contributed by atoms with Gasteiger partial charge in [0.2, 0.25) is 0 Å². The minimum atomic E-state index is -4.98. The van der Waals surface area contributed by atoms with E-state index in [0.29, 0.717) is 18.8 Å². The van der Waals surface area contributed by atoms with E-state index in [1.807, 2.05) is 4.90 Å². The molecule has 2 unspecified atom stereocenters. The van der Waals surface area contributed by atoms with Crippen molar-refractivity contribution in [2.45, 2.75) is 24.6 Å². The first-order valence-electron chi connectivity index (χ1n) is 8.73. The first kappa shape index (κ1) is 23.3. The number of rotatable bonds is 8. The Balaban J connectivity index is 2.53. The van der Waals surface area contributed by atoms with E-state index in [4.69, 9.17) is 23.2 Å². The van der Waals surface area contributed by atoms with Crippen LogP contribution >= 0.6 is 23.2 Å². The number of benzene rings is 1. The molecule has 0 spiro atoms. The largest absolute Gasteiger partial charge is 0.422 e. The highest BCUT2D eigenvalue weighted by Gasteiger charge is 2.59. The van der Waals surface area contributed by atoms with Crippen LogP contribution in [0.15, 0.2) is 61.8 Å². The Morgan fingerprint density at radius 1 is 1.14 bits per heavy atom. The van der Waals surface area contributed by atoms with E-state index in [9.17, 15) is 18.3 Å². The molecule has 3 nitrogen and oxygen atoms in total. The van der Waals surface area contributed by atoms with Crippen molar-refractivity contribution in [3.63, 3.8) is 0 Å². The van der Waals surface area contributed by atoms with Crippen molar-refractivity contribution in [1.82, 2.24) is 4.98 Å². The van der Waals surface area contributed by atoms with Crippen LogP contribution in [-0.4, -0.2) is 29.4 Å². The normalized spacial score (nSPS) is 14.7. The van der Waals surface area contributed by atoms with Gasteiger partial charge in [0.1, 0.15) is 5.15 Å². The Morgan fingerprint density at radius 2 is 1.76 bits per heavy atom. The fourth-order valence-corrected chi connectivity index (χ4v) is 3.70. The zero-order chi connectivity index (χ0) is 21.8. The fourth-order valence-electron chi connectivity index (χ4n) is 3.18. The standard InChI is InChI=1S/C21H21Cl2F3N2O/c1-4-10-28(11-5-2)16-6-7-17(18(22)13-16)14(3)20(29,21(24,25)26)15-8-9-27-19(23)12-15/h4-9,12-14,29H,1-2,10-11H2,3H3. The highest BCUT2D eigenvalue weighted by molar-refractivity contribution is 6.31. The molecule has 0 fully saturated rings. The average molecular weight is 445 g/mol. The predicted molar refractivity (Wildman–Crippen MR) is 112 cm³/mol. The highest BCUT2D eigenvalue weighted by Crippen LogP contribution is 2.50. The molecule has 1 aromatic heterocycles. The molecule has 2 rings (SSSR count). The van der Waals surface area contributed by atoms with Crippen molar-refractivity contribution < 1.29 is 18.3 Å². The molecule has 8 heteroatoms. The Kier molecular flexibility index (Phi) is 7.38. The van der Waals surface area contributed by atoms with Gasteiger partial charge in [0, 0.05) is 35.9 Å². The summed E-state index contributed by atoms with van der Waals surface area (Å²) in [6.07, 6.45) is -0.460. The van der Waals surface area contributed by atoms with Gasteiger partial charge in [-0.3, -0.25) is 0 Å². The molecule has 1 N–H and O–H groups in total. The van der Waals surface area contributed by atoms with Crippen LogP contribution in [0.1, 0.15) is 24.0 Å². The van der Waals surface area contributed by atoms with E-state index in [0.717, 1.165) is 18.3 Å². The van der Waals surface area contributed by atoms with Crippen LogP contribution in [0.2, 0.25) is 10.2 Å².